The Labute approximate surface area is 171 Å². The molecule has 2 aromatic heterocycles. The van der Waals surface area contributed by atoms with E-state index in [1.165, 1.54) is 6.33 Å². The summed E-state index contributed by atoms with van der Waals surface area (Å²) in [4.78, 5) is 8.30. The molecule has 0 aromatic carbocycles. The molecule has 152 valence electrons. The summed E-state index contributed by atoms with van der Waals surface area (Å²) in [6, 6.07) is 0. The number of aliphatic hydroxyl groups is 1. The van der Waals surface area contributed by atoms with Crippen molar-refractivity contribution in [3.8, 4) is 12.3 Å². The van der Waals surface area contributed by atoms with Crippen molar-refractivity contribution < 1.29 is 14.3 Å². The van der Waals surface area contributed by atoms with E-state index in [1.54, 1.807) is 10.8 Å². The third-order valence-corrected chi connectivity index (χ3v) is 10.7. The minimum atomic E-state index is -2.15. The lowest BCUT2D eigenvalue weighted by Crippen LogP contribution is -2.51. The minimum absolute atomic E-state index is 0.00792. The van der Waals surface area contributed by atoms with Crippen LogP contribution in [0.15, 0.2) is 12.5 Å². The van der Waals surface area contributed by atoms with E-state index in [0.29, 0.717) is 28.3 Å². The molecule has 0 spiro atoms. The van der Waals surface area contributed by atoms with Crippen molar-refractivity contribution in [1.29, 1.82) is 0 Å². The van der Waals surface area contributed by atoms with Gasteiger partial charge in [-0.25, -0.2) is 9.97 Å². The van der Waals surface area contributed by atoms with Crippen LogP contribution in [0.25, 0.3) is 11.0 Å². The van der Waals surface area contributed by atoms with Crippen LogP contribution in [-0.4, -0.2) is 46.3 Å². The molecular weight excluding hydrogens is 396 g/mol. The van der Waals surface area contributed by atoms with E-state index in [-0.39, 0.29) is 11.6 Å². The van der Waals surface area contributed by atoms with Crippen LogP contribution in [0.4, 0.5) is 5.82 Å². The summed E-state index contributed by atoms with van der Waals surface area (Å²) in [5.74, 6) is 2.94. The van der Waals surface area contributed by atoms with Crippen LogP contribution in [0.2, 0.25) is 23.2 Å². The van der Waals surface area contributed by atoms with Gasteiger partial charge < -0.3 is 24.6 Å². The maximum Gasteiger partial charge on any atom is 0.192 e. The van der Waals surface area contributed by atoms with Crippen LogP contribution < -0.4 is 5.73 Å². The van der Waals surface area contributed by atoms with Crippen molar-refractivity contribution in [2.24, 2.45) is 0 Å². The summed E-state index contributed by atoms with van der Waals surface area (Å²) in [5, 5.41) is 11.1. The van der Waals surface area contributed by atoms with Gasteiger partial charge in [0.05, 0.1) is 23.1 Å². The third-order valence-electron chi connectivity index (χ3n) is 5.91. The number of anilines is 1. The molecule has 0 radical (unpaired) electrons. The summed E-state index contributed by atoms with van der Waals surface area (Å²) in [7, 11) is -2.15. The Morgan fingerprint density at radius 1 is 1.50 bits per heavy atom. The molecule has 1 saturated heterocycles. The Morgan fingerprint density at radius 3 is 2.75 bits per heavy atom. The number of ether oxygens (including phenoxy) is 1. The summed E-state index contributed by atoms with van der Waals surface area (Å²) in [6.07, 6.45) is 8.39. The summed E-state index contributed by atoms with van der Waals surface area (Å²) >= 11 is 6.35. The molecule has 0 aliphatic carbocycles. The van der Waals surface area contributed by atoms with Crippen LogP contribution in [-0.2, 0) is 9.16 Å². The van der Waals surface area contributed by atoms with E-state index in [1.807, 2.05) is 0 Å². The Kier molecular flexibility index (Phi) is 5.28. The van der Waals surface area contributed by atoms with E-state index in [4.69, 9.17) is 32.9 Å². The van der Waals surface area contributed by atoms with Crippen molar-refractivity contribution in [1.82, 2.24) is 14.5 Å². The van der Waals surface area contributed by atoms with Crippen molar-refractivity contribution in [2.45, 2.75) is 63.3 Å². The van der Waals surface area contributed by atoms with Gasteiger partial charge in [-0.3, -0.25) is 0 Å². The molecule has 28 heavy (non-hydrogen) atoms. The Balaban J connectivity index is 2.01. The fourth-order valence-electron chi connectivity index (χ4n) is 3.18. The number of nitrogen functional groups attached to an aromatic ring is 1. The lowest BCUT2D eigenvalue weighted by molar-refractivity contribution is -0.0865. The third kappa shape index (κ3) is 3.31. The van der Waals surface area contributed by atoms with Gasteiger partial charge in [0, 0.05) is 12.6 Å². The second-order valence-corrected chi connectivity index (χ2v) is 13.9. The monoisotopic (exact) mass is 422 g/mol. The summed E-state index contributed by atoms with van der Waals surface area (Å²) in [5.41, 5.74) is 5.27. The number of hydrogen-bond acceptors (Lipinski definition) is 6. The van der Waals surface area contributed by atoms with Crippen molar-refractivity contribution in [2.75, 3.05) is 12.3 Å². The molecule has 0 saturated carbocycles. The van der Waals surface area contributed by atoms with Crippen LogP contribution >= 0.6 is 11.6 Å². The maximum absolute atomic E-state index is 10.1. The normalized spacial score (nSPS) is 25.9. The van der Waals surface area contributed by atoms with Crippen LogP contribution in [0.1, 0.15) is 33.4 Å². The van der Waals surface area contributed by atoms with Crippen molar-refractivity contribution in [3.05, 3.63) is 17.5 Å². The first-order chi connectivity index (χ1) is 13.0. The molecule has 1 aliphatic heterocycles. The van der Waals surface area contributed by atoms with Gasteiger partial charge in [-0.15, -0.1) is 6.42 Å². The molecule has 9 heteroatoms. The first kappa shape index (κ1) is 21.1. The second kappa shape index (κ2) is 7.01. The Bertz CT molecular complexity index is 934. The zero-order chi connectivity index (χ0) is 20.9. The number of fused-ring (bicyclic) bond motifs is 1. The fourth-order valence-corrected chi connectivity index (χ4v) is 4.82. The zero-order valence-electron chi connectivity index (χ0n) is 16.9. The molecule has 0 unspecified atom stereocenters. The molecule has 3 atom stereocenters. The molecular formula is C19H27ClN4O3Si. The average molecular weight is 423 g/mol. The summed E-state index contributed by atoms with van der Waals surface area (Å²) < 4.78 is 14.5. The fraction of sp³-hybridized carbons (Fsp3) is 0.579. The number of aromatic nitrogens is 3. The second-order valence-electron chi connectivity index (χ2n) is 8.71. The van der Waals surface area contributed by atoms with Gasteiger partial charge in [0.15, 0.2) is 13.9 Å². The first-order valence-corrected chi connectivity index (χ1v) is 12.4. The zero-order valence-corrected chi connectivity index (χ0v) is 18.6. The van der Waals surface area contributed by atoms with Crippen molar-refractivity contribution in [3.63, 3.8) is 0 Å². The standard InChI is InChI=1S/C19H27ClN4O3Si/c1-7-19(10-25)13(27-28(5,6)18(2,3)4)8-14(26-19)24-9-12(20)15-16(21)22-11-23-17(15)24/h1,9,11,13-14,25H,8,10H2,2-6H3,(H2,21,22,23)/t13-,14+,19+/m0/s1. The molecule has 0 amide bonds. The van der Waals surface area contributed by atoms with E-state index in [2.05, 4.69) is 49.8 Å². The molecule has 1 aliphatic rings. The molecule has 0 bridgehead atoms. The van der Waals surface area contributed by atoms with Crippen LogP contribution in [0, 0.1) is 12.3 Å². The average Bonchev–Trinajstić information content (AvgIpc) is 3.13. The number of halogens is 1. The maximum atomic E-state index is 10.1. The van der Waals surface area contributed by atoms with Crippen LogP contribution in [0.5, 0.6) is 0 Å². The quantitative estimate of drug-likeness (QED) is 0.579. The lowest BCUT2D eigenvalue weighted by Gasteiger charge is -2.41. The predicted molar refractivity (Wildman–Crippen MR) is 112 cm³/mol. The molecule has 2 aromatic rings. The van der Waals surface area contributed by atoms with Crippen molar-refractivity contribution >= 4 is 36.8 Å². The van der Waals surface area contributed by atoms with E-state index >= 15 is 0 Å². The molecule has 7 nitrogen and oxygen atoms in total. The number of aliphatic hydroxyl groups excluding tert-OH is 1. The highest BCUT2D eigenvalue weighted by Crippen LogP contribution is 2.45. The minimum Gasteiger partial charge on any atom is -0.410 e. The molecule has 1 fully saturated rings. The van der Waals surface area contributed by atoms with E-state index in [9.17, 15) is 5.11 Å². The van der Waals surface area contributed by atoms with Gasteiger partial charge in [0.1, 0.15) is 24.0 Å². The highest BCUT2D eigenvalue weighted by atomic mass is 35.5. The lowest BCUT2D eigenvalue weighted by atomic mass is 9.99. The van der Waals surface area contributed by atoms with Gasteiger partial charge in [0.2, 0.25) is 0 Å². The summed E-state index contributed by atoms with van der Waals surface area (Å²) in [6.45, 7) is 10.4. The molecule has 3 heterocycles. The highest BCUT2D eigenvalue weighted by molar-refractivity contribution is 6.74. The van der Waals surface area contributed by atoms with Gasteiger partial charge >= 0.3 is 0 Å². The topological polar surface area (TPSA) is 95.4 Å². The molecule has 3 rings (SSSR count). The van der Waals surface area contributed by atoms with E-state index < -0.39 is 26.3 Å². The highest BCUT2D eigenvalue weighted by Gasteiger charge is 2.53. The Morgan fingerprint density at radius 2 is 2.18 bits per heavy atom. The largest absolute Gasteiger partial charge is 0.410 e. The predicted octanol–water partition coefficient (Wildman–Crippen LogP) is 3.34. The number of terminal acetylenes is 1. The number of nitrogens with zero attached hydrogens (tertiary/aromatic N) is 3. The first-order valence-electron chi connectivity index (χ1n) is 9.16. The van der Waals surface area contributed by atoms with Gasteiger partial charge in [-0.05, 0) is 18.1 Å². The number of rotatable bonds is 4. The smallest absolute Gasteiger partial charge is 0.192 e. The number of hydrogen-bond donors (Lipinski definition) is 2. The van der Waals surface area contributed by atoms with Crippen LogP contribution in [0.3, 0.4) is 0 Å². The number of nitrogens with two attached hydrogens (primary N) is 1. The van der Waals surface area contributed by atoms with Gasteiger partial charge in [0.25, 0.3) is 0 Å². The van der Waals surface area contributed by atoms with Gasteiger partial charge in [-0.1, -0.05) is 38.3 Å². The Hall–Kier alpha value is -1.63. The van der Waals surface area contributed by atoms with Gasteiger partial charge in [-0.2, -0.15) is 0 Å². The SMILES string of the molecule is C#C[C@]1(CO)O[C@@H](n2cc(Cl)c3c(N)ncnc32)C[C@@H]1O[Si](C)(C)C(C)(C)C. The molecule has 3 N–H and O–H groups in total. The van der Waals surface area contributed by atoms with E-state index in [0.717, 1.165) is 0 Å².